The monoisotopic (exact) mass is 216 g/mol. The standard InChI is InChI=1S/C10H20N2O3/c13-10(14)4-2-1-3-5-11-12-6-8-15-9-7-12/h11H,1-9H2,(H,13,14). The van der Waals surface area contributed by atoms with Crippen LogP contribution in [0, 0.1) is 0 Å². The first-order valence-electron chi connectivity index (χ1n) is 5.57. The molecule has 0 spiro atoms. The zero-order valence-electron chi connectivity index (χ0n) is 9.07. The number of unbranched alkanes of at least 4 members (excludes halogenated alkanes) is 2. The van der Waals surface area contributed by atoms with Crippen LogP contribution in [-0.2, 0) is 9.53 Å². The van der Waals surface area contributed by atoms with Gasteiger partial charge in [-0.1, -0.05) is 6.42 Å². The summed E-state index contributed by atoms with van der Waals surface area (Å²) >= 11 is 0. The van der Waals surface area contributed by atoms with Gasteiger partial charge in [0.2, 0.25) is 0 Å². The summed E-state index contributed by atoms with van der Waals surface area (Å²) in [5.74, 6) is -0.698. The Morgan fingerprint density at radius 3 is 2.67 bits per heavy atom. The number of rotatable bonds is 7. The Bertz CT molecular complexity index is 182. The van der Waals surface area contributed by atoms with Gasteiger partial charge in [-0.15, -0.1) is 0 Å². The number of hydrogen-bond donors (Lipinski definition) is 2. The predicted molar refractivity (Wildman–Crippen MR) is 56.5 cm³/mol. The van der Waals surface area contributed by atoms with Crippen LogP contribution in [-0.4, -0.2) is 48.9 Å². The summed E-state index contributed by atoms with van der Waals surface area (Å²) < 4.78 is 5.22. The normalized spacial score (nSPS) is 17.9. The lowest BCUT2D eigenvalue weighted by atomic mass is 10.2. The third-order valence-electron chi connectivity index (χ3n) is 2.41. The molecule has 0 aromatic carbocycles. The molecular formula is C10H20N2O3. The topological polar surface area (TPSA) is 61.8 Å². The largest absolute Gasteiger partial charge is 0.481 e. The van der Waals surface area contributed by atoms with Gasteiger partial charge in [0.15, 0.2) is 0 Å². The number of nitrogens with one attached hydrogen (secondary N) is 1. The molecule has 2 N–H and O–H groups in total. The molecule has 0 atom stereocenters. The number of hydrogen-bond acceptors (Lipinski definition) is 4. The molecule has 0 unspecified atom stereocenters. The van der Waals surface area contributed by atoms with Crippen molar-refractivity contribution in [2.45, 2.75) is 25.7 Å². The van der Waals surface area contributed by atoms with Gasteiger partial charge in [-0.25, -0.2) is 5.01 Å². The van der Waals surface area contributed by atoms with Gasteiger partial charge < -0.3 is 9.84 Å². The van der Waals surface area contributed by atoms with Gasteiger partial charge in [-0.3, -0.25) is 10.2 Å². The second-order valence-electron chi connectivity index (χ2n) is 3.71. The Morgan fingerprint density at radius 1 is 1.27 bits per heavy atom. The van der Waals surface area contributed by atoms with Crippen LogP contribution in [0.5, 0.6) is 0 Å². The van der Waals surface area contributed by atoms with Gasteiger partial charge in [0.25, 0.3) is 0 Å². The summed E-state index contributed by atoms with van der Waals surface area (Å²) in [6.07, 6.45) is 3.08. The SMILES string of the molecule is O=C(O)CCCCCNN1CCOCC1. The lowest BCUT2D eigenvalue weighted by molar-refractivity contribution is -0.137. The number of nitrogens with zero attached hydrogens (tertiary/aromatic N) is 1. The van der Waals surface area contributed by atoms with Crippen molar-refractivity contribution in [1.82, 2.24) is 10.4 Å². The molecule has 5 heteroatoms. The van der Waals surface area contributed by atoms with E-state index in [0.29, 0.717) is 0 Å². The Labute approximate surface area is 90.4 Å². The Balaban J connectivity index is 1.85. The maximum Gasteiger partial charge on any atom is 0.303 e. The smallest absolute Gasteiger partial charge is 0.303 e. The molecule has 88 valence electrons. The van der Waals surface area contributed by atoms with Gasteiger partial charge in [0.1, 0.15) is 0 Å². The van der Waals surface area contributed by atoms with E-state index in [1.807, 2.05) is 0 Å². The number of carbonyl (C=O) groups is 1. The van der Waals surface area contributed by atoms with Crippen LogP contribution in [0.4, 0.5) is 0 Å². The van der Waals surface area contributed by atoms with Crippen LogP contribution < -0.4 is 5.43 Å². The molecular weight excluding hydrogens is 196 g/mol. The molecule has 1 aliphatic heterocycles. The quantitative estimate of drug-likeness (QED) is 0.606. The van der Waals surface area contributed by atoms with Gasteiger partial charge in [0.05, 0.1) is 13.2 Å². The fraction of sp³-hybridized carbons (Fsp3) is 0.900. The average molecular weight is 216 g/mol. The molecule has 0 aliphatic carbocycles. The van der Waals surface area contributed by atoms with E-state index in [9.17, 15) is 4.79 Å². The number of morpholine rings is 1. The van der Waals surface area contributed by atoms with Crippen molar-refractivity contribution in [2.75, 3.05) is 32.8 Å². The first-order chi connectivity index (χ1) is 7.29. The molecule has 0 saturated carbocycles. The van der Waals surface area contributed by atoms with E-state index in [2.05, 4.69) is 10.4 Å². The van der Waals surface area contributed by atoms with E-state index in [1.165, 1.54) is 0 Å². The Kier molecular flexibility index (Phi) is 6.31. The first-order valence-corrected chi connectivity index (χ1v) is 5.57. The van der Waals surface area contributed by atoms with E-state index in [4.69, 9.17) is 9.84 Å². The summed E-state index contributed by atoms with van der Waals surface area (Å²) in [5.41, 5.74) is 3.32. The molecule has 5 nitrogen and oxygen atoms in total. The van der Waals surface area contributed by atoms with E-state index in [1.54, 1.807) is 0 Å². The highest BCUT2D eigenvalue weighted by molar-refractivity contribution is 5.66. The molecule has 1 heterocycles. The lowest BCUT2D eigenvalue weighted by Gasteiger charge is -2.27. The van der Waals surface area contributed by atoms with Crippen LogP contribution in [0.1, 0.15) is 25.7 Å². The third kappa shape index (κ3) is 6.43. The molecule has 1 rings (SSSR count). The Hall–Kier alpha value is -0.650. The van der Waals surface area contributed by atoms with Gasteiger partial charge in [-0.05, 0) is 12.8 Å². The highest BCUT2D eigenvalue weighted by Gasteiger charge is 2.08. The summed E-state index contributed by atoms with van der Waals surface area (Å²) in [6, 6.07) is 0. The first kappa shape index (κ1) is 12.4. The maximum absolute atomic E-state index is 10.2. The molecule has 1 saturated heterocycles. The summed E-state index contributed by atoms with van der Waals surface area (Å²) in [5, 5.41) is 10.6. The molecule has 0 radical (unpaired) electrons. The predicted octanol–water partition coefficient (Wildman–Crippen LogP) is 0.468. The molecule has 1 fully saturated rings. The summed E-state index contributed by atoms with van der Waals surface area (Å²) in [4.78, 5) is 10.2. The van der Waals surface area contributed by atoms with Gasteiger partial charge >= 0.3 is 5.97 Å². The van der Waals surface area contributed by atoms with E-state index in [-0.39, 0.29) is 6.42 Å². The fourth-order valence-electron chi connectivity index (χ4n) is 1.54. The van der Waals surface area contributed by atoms with Crippen LogP contribution in [0.3, 0.4) is 0 Å². The van der Waals surface area contributed by atoms with E-state index < -0.39 is 5.97 Å². The summed E-state index contributed by atoms with van der Waals surface area (Å²) in [7, 11) is 0. The van der Waals surface area contributed by atoms with Crippen LogP contribution in [0.15, 0.2) is 0 Å². The number of ether oxygens (including phenoxy) is 1. The zero-order valence-corrected chi connectivity index (χ0v) is 9.07. The van der Waals surface area contributed by atoms with Crippen molar-refractivity contribution in [2.24, 2.45) is 0 Å². The molecule has 15 heavy (non-hydrogen) atoms. The van der Waals surface area contributed by atoms with Crippen LogP contribution >= 0.6 is 0 Å². The highest BCUT2D eigenvalue weighted by atomic mass is 16.5. The van der Waals surface area contributed by atoms with Gasteiger partial charge in [0, 0.05) is 26.1 Å². The lowest BCUT2D eigenvalue weighted by Crippen LogP contribution is -2.45. The minimum absolute atomic E-state index is 0.289. The highest BCUT2D eigenvalue weighted by Crippen LogP contribution is 1.99. The van der Waals surface area contributed by atoms with Crippen LogP contribution in [0.2, 0.25) is 0 Å². The van der Waals surface area contributed by atoms with Crippen molar-refractivity contribution in [3.8, 4) is 0 Å². The maximum atomic E-state index is 10.2. The average Bonchev–Trinajstić information content (AvgIpc) is 2.24. The number of carboxylic acids is 1. The molecule has 1 aliphatic rings. The van der Waals surface area contributed by atoms with Crippen molar-refractivity contribution in [3.63, 3.8) is 0 Å². The van der Waals surface area contributed by atoms with E-state index >= 15 is 0 Å². The third-order valence-corrected chi connectivity index (χ3v) is 2.41. The second kappa shape index (κ2) is 7.62. The molecule has 0 bridgehead atoms. The van der Waals surface area contributed by atoms with Crippen molar-refractivity contribution in [3.05, 3.63) is 0 Å². The van der Waals surface area contributed by atoms with Crippen molar-refractivity contribution >= 4 is 5.97 Å². The molecule has 0 amide bonds. The van der Waals surface area contributed by atoms with Gasteiger partial charge in [-0.2, -0.15) is 0 Å². The number of carboxylic acid groups (broad SMARTS) is 1. The van der Waals surface area contributed by atoms with Crippen molar-refractivity contribution < 1.29 is 14.6 Å². The molecule has 0 aromatic heterocycles. The number of aliphatic carboxylic acids is 1. The minimum atomic E-state index is -0.698. The van der Waals surface area contributed by atoms with Crippen LogP contribution in [0.25, 0.3) is 0 Å². The second-order valence-corrected chi connectivity index (χ2v) is 3.71. The zero-order chi connectivity index (χ0) is 10.9. The fourth-order valence-corrected chi connectivity index (χ4v) is 1.54. The molecule has 0 aromatic rings. The minimum Gasteiger partial charge on any atom is -0.481 e. The Morgan fingerprint density at radius 2 is 2.00 bits per heavy atom. The summed E-state index contributed by atoms with van der Waals surface area (Å²) in [6.45, 7) is 4.40. The van der Waals surface area contributed by atoms with Crippen molar-refractivity contribution in [1.29, 1.82) is 0 Å². The van der Waals surface area contributed by atoms with E-state index in [0.717, 1.165) is 52.1 Å². The number of hydrazine groups is 1.